The molecule has 0 bridgehead atoms. The van der Waals surface area contributed by atoms with Gasteiger partial charge in [0.1, 0.15) is 5.75 Å². The number of nitrogens with zero attached hydrogens (tertiary/aromatic N) is 1. The lowest BCUT2D eigenvalue weighted by Crippen LogP contribution is -2.56. The van der Waals surface area contributed by atoms with E-state index in [1.807, 2.05) is 6.92 Å². The van der Waals surface area contributed by atoms with Crippen molar-refractivity contribution in [2.45, 2.75) is 25.6 Å². The van der Waals surface area contributed by atoms with Gasteiger partial charge in [-0.3, -0.25) is 14.9 Å². The van der Waals surface area contributed by atoms with E-state index in [4.69, 9.17) is 4.74 Å². The largest absolute Gasteiger partial charge is 0.466 e. The molecule has 2 heterocycles. The number of hydrogen-bond acceptors (Lipinski definition) is 5. The molecule has 150 valence electrons. The van der Waals surface area contributed by atoms with E-state index in [2.05, 4.69) is 15.6 Å². The van der Waals surface area contributed by atoms with Crippen LogP contribution in [0.5, 0.6) is 5.75 Å². The molecule has 0 saturated heterocycles. The van der Waals surface area contributed by atoms with Crippen molar-refractivity contribution in [3.8, 4) is 5.75 Å². The van der Waals surface area contributed by atoms with Crippen molar-refractivity contribution in [2.75, 3.05) is 10.6 Å². The van der Waals surface area contributed by atoms with Crippen molar-refractivity contribution < 1.29 is 27.5 Å². The molecule has 1 aliphatic rings. The van der Waals surface area contributed by atoms with E-state index in [0.29, 0.717) is 17.0 Å². The monoisotopic (exact) mass is 421 g/mol. The Hall–Kier alpha value is -3.14. The second kappa shape index (κ2) is 6.45. The Morgan fingerprint density at radius 3 is 2.72 bits per heavy atom. The number of benzene rings is 2. The Labute approximate surface area is 166 Å². The van der Waals surface area contributed by atoms with Crippen LogP contribution in [0.25, 0.3) is 10.2 Å². The highest BCUT2D eigenvalue weighted by Crippen LogP contribution is 2.37. The van der Waals surface area contributed by atoms with Crippen molar-refractivity contribution in [2.24, 2.45) is 0 Å². The maximum atomic E-state index is 12.9. The lowest BCUT2D eigenvalue weighted by atomic mass is 10.0. The molecule has 1 aromatic heterocycles. The van der Waals surface area contributed by atoms with E-state index in [1.54, 1.807) is 18.2 Å². The molecule has 1 aliphatic heterocycles. The van der Waals surface area contributed by atoms with E-state index >= 15 is 0 Å². The van der Waals surface area contributed by atoms with Crippen LogP contribution < -0.4 is 15.4 Å². The van der Waals surface area contributed by atoms with Crippen LogP contribution in [0.1, 0.15) is 18.1 Å². The zero-order chi connectivity index (χ0) is 21.0. The first kappa shape index (κ1) is 19.2. The third kappa shape index (κ3) is 3.39. The number of thiazole rings is 1. The molecule has 0 radical (unpaired) electrons. The van der Waals surface area contributed by atoms with Crippen molar-refractivity contribution >= 4 is 44.2 Å². The highest BCUT2D eigenvalue weighted by molar-refractivity contribution is 7.22. The molecule has 1 atom stereocenters. The van der Waals surface area contributed by atoms with E-state index in [9.17, 15) is 22.8 Å². The van der Waals surface area contributed by atoms with Gasteiger partial charge in [0, 0.05) is 0 Å². The number of carbonyl (C=O) groups excluding carboxylic acids is 2. The van der Waals surface area contributed by atoms with Crippen LogP contribution >= 0.6 is 11.3 Å². The number of amides is 2. The van der Waals surface area contributed by atoms with E-state index < -0.39 is 29.2 Å². The van der Waals surface area contributed by atoms with E-state index in [0.717, 1.165) is 29.0 Å². The predicted octanol–water partition coefficient (Wildman–Crippen LogP) is 4.35. The third-order valence-electron chi connectivity index (χ3n) is 4.50. The normalized spacial score (nSPS) is 18.7. The maximum Gasteiger partial charge on any atom is 0.416 e. The highest BCUT2D eigenvalue weighted by atomic mass is 32.1. The smallest absolute Gasteiger partial charge is 0.416 e. The number of carbonyl (C=O) groups is 2. The van der Waals surface area contributed by atoms with Gasteiger partial charge in [-0.05, 0) is 49.7 Å². The van der Waals surface area contributed by atoms with E-state index in [1.165, 1.54) is 13.0 Å². The number of fused-ring (bicyclic) bond motifs is 2. The molecule has 3 aromatic rings. The fourth-order valence-corrected chi connectivity index (χ4v) is 3.76. The first-order valence-corrected chi connectivity index (χ1v) is 9.28. The molecule has 29 heavy (non-hydrogen) atoms. The molecule has 0 fully saturated rings. The summed E-state index contributed by atoms with van der Waals surface area (Å²) in [7, 11) is 0. The van der Waals surface area contributed by atoms with E-state index in [-0.39, 0.29) is 9.83 Å². The lowest BCUT2D eigenvalue weighted by Gasteiger charge is -2.33. The number of aromatic nitrogens is 1. The summed E-state index contributed by atoms with van der Waals surface area (Å²) in [5, 5.41) is 5.18. The topological polar surface area (TPSA) is 80.3 Å². The van der Waals surface area contributed by atoms with Gasteiger partial charge < -0.3 is 10.1 Å². The summed E-state index contributed by atoms with van der Waals surface area (Å²) in [5.74, 6) is -1.10. The minimum absolute atomic E-state index is 0.0663. The molecule has 0 aliphatic carbocycles. The van der Waals surface area contributed by atoms with Crippen molar-refractivity contribution in [1.82, 2.24) is 4.98 Å². The quantitative estimate of drug-likeness (QED) is 0.603. The summed E-state index contributed by atoms with van der Waals surface area (Å²) in [6, 6.07) is 8.26. The predicted molar refractivity (Wildman–Crippen MR) is 102 cm³/mol. The van der Waals surface area contributed by atoms with Gasteiger partial charge in [-0.2, -0.15) is 13.2 Å². The fourth-order valence-electron chi connectivity index (χ4n) is 2.86. The number of aryl methyl sites for hydroxylation is 1. The summed E-state index contributed by atoms with van der Waals surface area (Å²) in [6.07, 6.45) is -4.48. The number of rotatable bonds is 2. The molecular weight excluding hydrogens is 407 g/mol. The third-order valence-corrected chi connectivity index (χ3v) is 5.43. The maximum absolute atomic E-state index is 12.9. The molecule has 6 nitrogen and oxygen atoms in total. The molecule has 2 aromatic carbocycles. The molecular formula is C19H14F3N3O3S. The minimum atomic E-state index is -4.48. The Bertz CT molecular complexity index is 1160. The molecule has 0 saturated carbocycles. The number of ether oxygens (including phenoxy) is 1. The van der Waals surface area contributed by atoms with Crippen molar-refractivity contribution in [3.63, 3.8) is 0 Å². The molecule has 2 N–H and O–H groups in total. The average molecular weight is 421 g/mol. The van der Waals surface area contributed by atoms with Gasteiger partial charge in [0.2, 0.25) is 0 Å². The molecule has 0 spiro atoms. The second-order valence-electron chi connectivity index (χ2n) is 6.74. The van der Waals surface area contributed by atoms with Gasteiger partial charge in [-0.25, -0.2) is 4.98 Å². The summed E-state index contributed by atoms with van der Waals surface area (Å²) in [4.78, 5) is 29.4. The first-order chi connectivity index (χ1) is 13.6. The first-order valence-electron chi connectivity index (χ1n) is 8.46. The van der Waals surface area contributed by atoms with Crippen LogP contribution in [0.4, 0.5) is 24.0 Å². The summed E-state index contributed by atoms with van der Waals surface area (Å²) < 4.78 is 44.5. The molecule has 2 amide bonds. The number of halogens is 3. The zero-order valence-electron chi connectivity index (χ0n) is 15.2. The van der Waals surface area contributed by atoms with Gasteiger partial charge in [0.25, 0.3) is 17.4 Å². The van der Waals surface area contributed by atoms with Crippen LogP contribution in [0.2, 0.25) is 0 Å². The summed E-state index contributed by atoms with van der Waals surface area (Å²) >= 11 is 0.877. The zero-order valence-corrected chi connectivity index (χ0v) is 16.0. The molecule has 4 rings (SSSR count). The Balaban J connectivity index is 1.60. The summed E-state index contributed by atoms with van der Waals surface area (Å²) in [6.45, 7) is 3.17. The number of alkyl halides is 3. The van der Waals surface area contributed by atoms with Crippen LogP contribution in [0.3, 0.4) is 0 Å². The molecule has 10 heteroatoms. The van der Waals surface area contributed by atoms with Gasteiger partial charge in [0.15, 0.2) is 5.13 Å². The fraction of sp³-hybridized carbons (Fsp3) is 0.211. The van der Waals surface area contributed by atoms with Gasteiger partial charge in [-0.1, -0.05) is 17.4 Å². The lowest BCUT2D eigenvalue weighted by molar-refractivity contribution is -0.143. The van der Waals surface area contributed by atoms with Crippen LogP contribution in [-0.4, -0.2) is 22.4 Å². The number of hydrogen-bond donors (Lipinski definition) is 2. The number of nitrogens with one attached hydrogen (secondary N) is 2. The molecule has 1 unspecified atom stereocenters. The number of anilines is 2. The minimum Gasteiger partial charge on any atom is -0.466 e. The van der Waals surface area contributed by atoms with Crippen molar-refractivity contribution in [3.05, 3.63) is 47.5 Å². The van der Waals surface area contributed by atoms with Gasteiger partial charge in [0.05, 0.1) is 21.5 Å². The SMILES string of the molecule is Cc1ccc2c(c1)NC(=O)C(C)(C(=O)Nc1nc3ccc(C(F)(F)F)cc3s1)O2. The second-order valence-corrected chi connectivity index (χ2v) is 7.77. The Morgan fingerprint density at radius 2 is 2.00 bits per heavy atom. The van der Waals surface area contributed by atoms with Gasteiger partial charge >= 0.3 is 6.18 Å². The standard InChI is InChI=1S/C19H14F3N3O3S/c1-9-3-6-13-12(7-9)23-15(26)18(2,28-13)16(27)25-17-24-11-5-4-10(19(20,21)22)8-14(11)29-17/h3-8H,1-2H3,(H,23,26)(H,24,25,27). The Morgan fingerprint density at radius 1 is 1.24 bits per heavy atom. The van der Waals surface area contributed by atoms with Crippen molar-refractivity contribution in [1.29, 1.82) is 0 Å². The summed E-state index contributed by atoms with van der Waals surface area (Å²) in [5.41, 5.74) is -0.996. The van der Waals surface area contributed by atoms with Gasteiger partial charge in [-0.15, -0.1) is 0 Å². The highest BCUT2D eigenvalue weighted by Gasteiger charge is 2.47. The average Bonchev–Trinajstić information content (AvgIpc) is 3.03. The van der Waals surface area contributed by atoms with Crippen LogP contribution in [0.15, 0.2) is 36.4 Å². The van der Waals surface area contributed by atoms with Crippen LogP contribution in [0, 0.1) is 6.92 Å². The van der Waals surface area contributed by atoms with Crippen LogP contribution in [-0.2, 0) is 15.8 Å². The Kier molecular flexibility index (Phi) is 4.26.